The predicted octanol–water partition coefficient (Wildman–Crippen LogP) is 2.81. The Balaban J connectivity index is 3.28. The maximum atomic E-state index is 10.9. The molecule has 3 nitrogen and oxygen atoms in total. The summed E-state index contributed by atoms with van der Waals surface area (Å²) in [4.78, 5) is 10.9. The van der Waals surface area contributed by atoms with Gasteiger partial charge in [0.15, 0.2) is 0 Å². The summed E-state index contributed by atoms with van der Waals surface area (Å²) in [5, 5.41) is 18.3. The van der Waals surface area contributed by atoms with Crippen LogP contribution in [0.1, 0.15) is 29.3 Å². The smallest absolute Gasteiger partial charge is 0.339 e. The van der Waals surface area contributed by atoms with Crippen molar-refractivity contribution in [2.24, 2.45) is 0 Å². The Morgan fingerprint density at radius 3 is 2.64 bits per heavy atom. The molecule has 0 amide bonds. The first-order valence-electron chi connectivity index (χ1n) is 4.31. The van der Waals surface area contributed by atoms with Crippen molar-refractivity contribution in [3.8, 4) is 5.75 Å². The molecule has 14 heavy (non-hydrogen) atoms. The number of halogens is 1. The quantitative estimate of drug-likeness (QED) is 0.877. The van der Waals surface area contributed by atoms with Crippen molar-refractivity contribution < 1.29 is 15.0 Å². The molecule has 76 valence electrons. The van der Waals surface area contributed by atoms with Gasteiger partial charge in [0.2, 0.25) is 0 Å². The molecule has 0 bridgehead atoms. The second-order valence-corrected chi connectivity index (χ2v) is 3.93. The Bertz CT molecular complexity index is 361. The third kappa shape index (κ3) is 2.26. The van der Waals surface area contributed by atoms with Crippen molar-refractivity contribution in [1.82, 2.24) is 0 Å². The molecule has 1 rings (SSSR count). The molecule has 0 heterocycles. The molecular weight excluding hydrogens is 248 g/mol. The first-order chi connectivity index (χ1) is 6.56. The Labute approximate surface area is 90.5 Å². The van der Waals surface area contributed by atoms with Crippen LogP contribution in [0.3, 0.4) is 0 Å². The van der Waals surface area contributed by atoms with Gasteiger partial charge in [0, 0.05) is 4.47 Å². The summed E-state index contributed by atoms with van der Waals surface area (Å²) in [6, 6.07) is 3.12. The molecule has 0 spiro atoms. The van der Waals surface area contributed by atoms with Gasteiger partial charge in [-0.15, -0.1) is 0 Å². The number of hydrogen-bond acceptors (Lipinski definition) is 2. The van der Waals surface area contributed by atoms with Crippen LogP contribution in [0.2, 0.25) is 0 Å². The lowest BCUT2D eigenvalue weighted by Crippen LogP contribution is -2.03. The molecule has 0 radical (unpaired) electrons. The lowest BCUT2D eigenvalue weighted by molar-refractivity contribution is 0.0692. The molecule has 0 saturated heterocycles. The van der Waals surface area contributed by atoms with Crippen LogP contribution in [-0.4, -0.2) is 16.2 Å². The average Bonchev–Trinajstić information content (AvgIpc) is 2.01. The largest absolute Gasteiger partial charge is 0.507 e. The lowest BCUT2D eigenvalue weighted by Gasteiger charge is -2.07. The number of rotatable bonds is 3. The van der Waals surface area contributed by atoms with E-state index >= 15 is 0 Å². The van der Waals surface area contributed by atoms with E-state index in [0.717, 1.165) is 6.42 Å². The first kappa shape index (κ1) is 11.0. The zero-order chi connectivity index (χ0) is 10.7. The molecule has 0 saturated carbocycles. The van der Waals surface area contributed by atoms with Crippen LogP contribution >= 0.6 is 15.9 Å². The molecule has 2 N–H and O–H groups in total. The normalized spacial score (nSPS) is 10.1. The standard InChI is InChI=1S/C10H11BrO3/c1-2-3-6-4-7(11)5-8(12)9(6)10(13)14/h4-5,12H,2-3H2,1H3,(H,13,14). The highest BCUT2D eigenvalue weighted by Crippen LogP contribution is 2.27. The molecule has 0 unspecified atom stereocenters. The van der Waals surface area contributed by atoms with Gasteiger partial charge in [-0.2, -0.15) is 0 Å². The summed E-state index contributed by atoms with van der Waals surface area (Å²) in [5.41, 5.74) is 0.668. The monoisotopic (exact) mass is 258 g/mol. The van der Waals surface area contributed by atoms with Gasteiger partial charge in [0.25, 0.3) is 0 Å². The van der Waals surface area contributed by atoms with Gasteiger partial charge in [-0.25, -0.2) is 4.79 Å². The van der Waals surface area contributed by atoms with Crippen molar-refractivity contribution in [3.05, 3.63) is 27.7 Å². The van der Waals surface area contributed by atoms with Crippen LogP contribution in [0.25, 0.3) is 0 Å². The van der Waals surface area contributed by atoms with E-state index in [2.05, 4.69) is 15.9 Å². The highest BCUT2D eigenvalue weighted by molar-refractivity contribution is 9.10. The van der Waals surface area contributed by atoms with E-state index < -0.39 is 5.97 Å². The molecule has 0 fully saturated rings. The molecule has 0 aliphatic carbocycles. The third-order valence-electron chi connectivity index (χ3n) is 1.90. The van der Waals surface area contributed by atoms with Crippen molar-refractivity contribution in [2.45, 2.75) is 19.8 Å². The van der Waals surface area contributed by atoms with Gasteiger partial charge >= 0.3 is 5.97 Å². The van der Waals surface area contributed by atoms with Crippen LogP contribution in [-0.2, 0) is 6.42 Å². The summed E-state index contributed by atoms with van der Waals surface area (Å²) >= 11 is 3.21. The summed E-state index contributed by atoms with van der Waals surface area (Å²) in [5.74, 6) is -1.27. The molecule has 0 aliphatic rings. The SMILES string of the molecule is CCCc1cc(Br)cc(O)c1C(=O)O. The number of phenols is 1. The molecule has 0 aromatic heterocycles. The second kappa shape index (κ2) is 4.46. The zero-order valence-corrected chi connectivity index (χ0v) is 9.34. The van der Waals surface area contributed by atoms with Crippen molar-refractivity contribution in [2.75, 3.05) is 0 Å². The van der Waals surface area contributed by atoms with E-state index in [1.165, 1.54) is 6.07 Å². The summed E-state index contributed by atoms with van der Waals surface area (Å²) < 4.78 is 0.698. The number of aromatic carboxylic acids is 1. The highest BCUT2D eigenvalue weighted by Gasteiger charge is 2.15. The zero-order valence-electron chi connectivity index (χ0n) is 7.75. The maximum absolute atomic E-state index is 10.9. The fourth-order valence-electron chi connectivity index (χ4n) is 1.36. The van der Waals surface area contributed by atoms with E-state index in [-0.39, 0.29) is 11.3 Å². The summed E-state index contributed by atoms with van der Waals surface area (Å²) in [7, 11) is 0. The lowest BCUT2D eigenvalue weighted by atomic mass is 10.0. The van der Waals surface area contributed by atoms with Gasteiger partial charge in [0.1, 0.15) is 11.3 Å². The second-order valence-electron chi connectivity index (χ2n) is 3.01. The Morgan fingerprint density at radius 2 is 2.14 bits per heavy atom. The van der Waals surface area contributed by atoms with Crippen molar-refractivity contribution in [1.29, 1.82) is 0 Å². The number of carboxylic acid groups (broad SMARTS) is 1. The van der Waals surface area contributed by atoms with Gasteiger partial charge in [-0.1, -0.05) is 29.3 Å². The summed E-state index contributed by atoms with van der Waals surface area (Å²) in [6.45, 7) is 1.96. The topological polar surface area (TPSA) is 57.5 Å². The van der Waals surface area contributed by atoms with Gasteiger partial charge in [-0.05, 0) is 24.1 Å². The number of hydrogen-bond donors (Lipinski definition) is 2. The minimum absolute atomic E-state index is 0.00931. The van der Waals surface area contributed by atoms with Crippen LogP contribution < -0.4 is 0 Å². The number of aryl methyl sites for hydroxylation is 1. The average molecular weight is 259 g/mol. The van der Waals surface area contributed by atoms with Crippen molar-refractivity contribution >= 4 is 21.9 Å². The number of benzene rings is 1. The fraction of sp³-hybridized carbons (Fsp3) is 0.300. The number of aromatic hydroxyl groups is 1. The van der Waals surface area contributed by atoms with E-state index in [4.69, 9.17) is 5.11 Å². The highest BCUT2D eigenvalue weighted by atomic mass is 79.9. The minimum atomic E-state index is -1.08. The van der Waals surface area contributed by atoms with Crippen LogP contribution in [0, 0.1) is 0 Å². The Morgan fingerprint density at radius 1 is 1.50 bits per heavy atom. The summed E-state index contributed by atoms with van der Waals surface area (Å²) in [6.07, 6.45) is 1.49. The molecule has 1 aromatic carbocycles. The molecule has 4 heteroatoms. The van der Waals surface area contributed by atoms with E-state index in [1.807, 2.05) is 6.92 Å². The Kier molecular flexibility index (Phi) is 3.52. The molecule has 0 aliphatic heterocycles. The van der Waals surface area contributed by atoms with Gasteiger partial charge < -0.3 is 10.2 Å². The Hall–Kier alpha value is -1.03. The molecular formula is C10H11BrO3. The molecule has 0 atom stereocenters. The van der Waals surface area contributed by atoms with Crippen molar-refractivity contribution in [3.63, 3.8) is 0 Å². The van der Waals surface area contributed by atoms with Gasteiger partial charge in [-0.3, -0.25) is 0 Å². The first-order valence-corrected chi connectivity index (χ1v) is 5.10. The molecule has 1 aromatic rings. The predicted molar refractivity (Wildman–Crippen MR) is 56.8 cm³/mol. The van der Waals surface area contributed by atoms with E-state index in [9.17, 15) is 9.90 Å². The fourth-order valence-corrected chi connectivity index (χ4v) is 1.85. The number of carbonyl (C=O) groups is 1. The minimum Gasteiger partial charge on any atom is -0.507 e. The van der Waals surface area contributed by atoms with E-state index in [1.54, 1.807) is 6.07 Å². The van der Waals surface area contributed by atoms with Crippen LogP contribution in [0.4, 0.5) is 0 Å². The maximum Gasteiger partial charge on any atom is 0.339 e. The number of carboxylic acids is 1. The van der Waals surface area contributed by atoms with Gasteiger partial charge in [0.05, 0.1) is 0 Å². The van der Waals surface area contributed by atoms with E-state index in [0.29, 0.717) is 16.5 Å². The van der Waals surface area contributed by atoms with Crippen LogP contribution in [0.15, 0.2) is 16.6 Å². The van der Waals surface area contributed by atoms with Crippen LogP contribution in [0.5, 0.6) is 5.75 Å². The third-order valence-corrected chi connectivity index (χ3v) is 2.36.